The van der Waals surface area contributed by atoms with E-state index in [4.69, 9.17) is 4.74 Å². The Morgan fingerprint density at radius 2 is 2.00 bits per heavy atom. The van der Waals surface area contributed by atoms with Crippen LogP contribution in [-0.2, 0) is 11.8 Å². The van der Waals surface area contributed by atoms with Crippen molar-refractivity contribution in [1.29, 1.82) is 0 Å². The van der Waals surface area contributed by atoms with Gasteiger partial charge in [0.25, 0.3) is 11.5 Å². The standard InChI is InChI=1S/C15H20N4O3/c1-8-5-11(12-13(16-8)18(4)17-14(12)20)15(21)19-6-9(2)22-10(3)7-19/h5,9-10H,6-7H2,1-4H3,(H,17,20). The number of rotatable bonds is 1. The van der Waals surface area contributed by atoms with E-state index in [1.165, 1.54) is 0 Å². The predicted molar refractivity (Wildman–Crippen MR) is 82.0 cm³/mol. The molecule has 1 fully saturated rings. The lowest BCUT2D eigenvalue weighted by molar-refractivity contribution is -0.0585. The summed E-state index contributed by atoms with van der Waals surface area (Å²) in [5.74, 6) is -0.144. The van der Waals surface area contributed by atoms with Gasteiger partial charge in [0.2, 0.25) is 0 Å². The van der Waals surface area contributed by atoms with Crippen LogP contribution in [0.5, 0.6) is 0 Å². The van der Waals surface area contributed by atoms with Crippen LogP contribution in [0.4, 0.5) is 0 Å². The van der Waals surface area contributed by atoms with Crippen molar-refractivity contribution in [3.05, 3.63) is 27.7 Å². The van der Waals surface area contributed by atoms with Crippen LogP contribution < -0.4 is 5.56 Å². The average molecular weight is 304 g/mol. The first kappa shape index (κ1) is 14.8. The van der Waals surface area contributed by atoms with Crippen LogP contribution >= 0.6 is 0 Å². The lowest BCUT2D eigenvalue weighted by Crippen LogP contribution is -2.48. The van der Waals surface area contributed by atoms with Crippen LogP contribution in [0.15, 0.2) is 10.9 Å². The summed E-state index contributed by atoms with van der Waals surface area (Å²) >= 11 is 0. The Balaban J connectivity index is 2.09. The first-order valence-electron chi connectivity index (χ1n) is 7.38. The number of ether oxygens (including phenoxy) is 1. The molecule has 1 aliphatic rings. The maximum Gasteiger partial charge on any atom is 0.274 e. The molecular formula is C15H20N4O3. The highest BCUT2D eigenvalue weighted by atomic mass is 16.5. The van der Waals surface area contributed by atoms with Crippen molar-refractivity contribution in [2.24, 2.45) is 7.05 Å². The number of fused-ring (bicyclic) bond motifs is 1. The van der Waals surface area contributed by atoms with Crippen LogP contribution in [-0.4, -0.2) is 50.9 Å². The van der Waals surface area contributed by atoms with Gasteiger partial charge in [0, 0.05) is 25.8 Å². The van der Waals surface area contributed by atoms with Gasteiger partial charge in [0.1, 0.15) is 0 Å². The van der Waals surface area contributed by atoms with Crippen molar-refractivity contribution in [1.82, 2.24) is 19.7 Å². The number of hydrogen-bond donors (Lipinski definition) is 1. The summed E-state index contributed by atoms with van der Waals surface area (Å²) in [6.45, 7) is 6.75. The van der Waals surface area contributed by atoms with Gasteiger partial charge in [-0.2, -0.15) is 0 Å². The number of hydrogen-bond acceptors (Lipinski definition) is 4. The summed E-state index contributed by atoms with van der Waals surface area (Å²) in [7, 11) is 1.71. The van der Waals surface area contributed by atoms with Crippen LogP contribution in [0.2, 0.25) is 0 Å². The number of aromatic nitrogens is 3. The summed E-state index contributed by atoms with van der Waals surface area (Å²) < 4.78 is 7.21. The van der Waals surface area contributed by atoms with Crippen molar-refractivity contribution in [3.8, 4) is 0 Å². The minimum atomic E-state index is -0.289. The number of nitrogens with one attached hydrogen (secondary N) is 1. The summed E-state index contributed by atoms with van der Waals surface area (Å²) in [6, 6.07) is 1.69. The fraction of sp³-hybridized carbons (Fsp3) is 0.533. The minimum absolute atomic E-state index is 0.0137. The second kappa shape index (κ2) is 5.24. The van der Waals surface area contributed by atoms with E-state index in [9.17, 15) is 9.59 Å². The summed E-state index contributed by atoms with van der Waals surface area (Å²) in [4.78, 5) is 31.1. The molecule has 3 heterocycles. The maximum atomic E-state index is 12.9. The summed E-state index contributed by atoms with van der Waals surface area (Å²) in [5, 5.41) is 3.01. The van der Waals surface area contributed by atoms with Crippen molar-refractivity contribution in [3.63, 3.8) is 0 Å². The molecule has 1 aliphatic heterocycles. The second-order valence-electron chi connectivity index (χ2n) is 5.98. The Morgan fingerprint density at radius 3 is 2.64 bits per heavy atom. The first-order chi connectivity index (χ1) is 10.4. The highest BCUT2D eigenvalue weighted by Gasteiger charge is 2.29. The zero-order valence-electron chi connectivity index (χ0n) is 13.2. The Hall–Kier alpha value is -2.15. The lowest BCUT2D eigenvalue weighted by atomic mass is 10.1. The van der Waals surface area contributed by atoms with Crippen LogP contribution in [0.25, 0.3) is 11.0 Å². The molecule has 2 aromatic heterocycles. The number of pyridine rings is 1. The van der Waals surface area contributed by atoms with Crippen LogP contribution in [0.3, 0.4) is 0 Å². The molecule has 118 valence electrons. The number of aromatic amines is 1. The third kappa shape index (κ3) is 2.41. The first-order valence-corrected chi connectivity index (χ1v) is 7.38. The predicted octanol–water partition coefficient (Wildman–Crippen LogP) is 0.819. The van der Waals surface area contributed by atoms with E-state index in [1.807, 2.05) is 20.8 Å². The topological polar surface area (TPSA) is 80.2 Å². The van der Waals surface area contributed by atoms with Crippen molar-refractivity contribution in [2.75, 3.05) is 13.1 Å². The van der Waals surface area contributed by atoms with Gasteiger partial charge in [-0.05, 0) is 26.8 Å². The van der Waals surface area contributed by atoms with Gasteiger partial charge < -0.3 is 9.64 Å². The zero-order chi connectivity index (χ0) is 16.0. The van der Waals surface area contributed by atoms with Gasteiger partial charge >= 0.3 is 0 Å². The molecule has 1 amide bonds. The summed E-state index contributed by atoms with van der Waals surface area (Å²) in [5.41, 5.74) is 1.33. The van der Waals surface area contributed by atoms with Crippen LogP contribution in [0, 0.1) is 6.92 Å². The Bertz CT molecular complexity index is 782. The van der Waals surface area contributed by atoms with Crippen molar-refractivity contribution in [2.45, 2.75) is 33.0 Å². The van der Waals surface area contributed by atoms with E-state index < -0.39 is 0 Å². The van der Waals surface area contributed by atoms with Gasteiger partial charge in [-0.15, -0.1) is 0 Å². The van der Waals surface area contributed by atoms with Gasteiger partial charge in [0.15, 0.2) is 5.65 Å². The van der Waals surface area contributed by atoms with Gasteiger partial charge in [-0.3, -0.25) is 19.4 Å². The highest BCUT2D eigenvalue weighted by Crippen LogP contribution is 2.19. The van der Waals surface area contributed by atoms with E-state index in [0.29, 0.717) is 35.4 Å². The Morgan fingerprint density at radius 1 is 1.36 bits per heavy atom. The van der Waals surface area contributed by atoms with Crippen molar-refractivity contribution >= 4 is 16.9 Å². The number of morpholine rings is 1. The molecule has 0 bridgehead atoms. The molecule has 0 radical (unpaired) electrons. The van der Waals surface area contributed by atoms with Gasteiger partial charge in [-0.1, -0.05) is 0 Å². The SMILES string of the molecule is Cc1cc(C(=O)N2CC(C)OC(C)C2)c2c(=O)[nH]n(C)c2n1. The molecule has 2 atom stereocenters. The Labute approximate surface area is 127 Å². The maximum absolute atomic E-state index is 12.9. The average Bonchev–Trinajstić information content (AvgIpc) is 2.71. The third-order valence-corrected chi connectivity index (χ3v) is 3.88. The number of H-pyrrole nitrogens is 1. The molecule has 2 aromatic rings. The zero-order valence-corrected chi connectivity index (χ0v) is 13.2. The van der Waals surface area contributed by atoms with Crippen LogP contribution in [0.1, 0.15) is 29.9 Å². The highest BCUT2D eigenvalue weighted by molar-refractivity contribution is 6.05. The van der Waals surface area contributed by atoms with E-state index >= 15 is 0 Å². The molecular weight excluding hydrogens is 284 g/mol. The van der Waals surface area contributed by atoms with E-state index in [0.717, 1.165) is 0 Å². The molecule has 7 nitrogen and oxygen atoms in total. The normalized spacial score (nSPS) is 22.3. The monoisotopic (exact) mass is 304 g/mol. The number of carbonyl (C=O) groups excluding carboxylic acids is 1. The molecule has 1 N–H and O–H groups in total. The van der Waals surface area contributed by atoms with E-state index in [-0.39, 0.29) is 23.7 Å². The summed E-state index contributed by atoms with van der Waals surface area (Å²) in [6.07, 6.45) is -0.0274. The van der Waals surface area contributed by atoms with Gasteiger partial charge in [0.05, 0.1) is 23.2 Å². The number of aryl methyl sites for hydroxylation is 2. The van der Waals surface area contributed by atoms with E-state index in [2.05, 4.69) is 10.1 Å². The van der Waals surface area contributed by atoms with Gasteiger partial charge in [-0.25, -0.2) is 4.98 Å². The second-order valence-corrected chi connectivity index (χ2v) is 5.98. The molecule has 0 spiro atoms. The molecule has 1 saturated heterocycles. The number of carbonyl (C=O) groups is 1. The number of nitrogens with zero attached hydrogens (tertiary/aromatic N) is 3. The molecule has 3 rings (SSSR count). The molecule has 7 heteroatoms. The molecule has 0 aliphatic carbocycles. The lowest BCUT2D eigenvalue weighted by Gasteiger charge is -2.35. The molecule has 2 unspecified atom stereocenters. The number of amides is 1. The third-order valence-electron chi connectivity index (χ3n) is 3.88. The quantitative estimate of drug-likeness (QED) is 0.846. The fourth-order valence-electron chi connectivity index (χ4n) is 3.07. The Kier molecular flexibility index (Phi) is 3.52. The van der Waals surface area contributed by atoms with E-state index in [1.54, 1.807) is 22.7 Å². The molecule has 0 aromatic carbocycles. The smallest absolute Gasteiger partial charge is 0.274 e. The largest absolute Gasteiger partial charge is 0.372 e. The fourth-order valence-corrected chi connectivity index (χ4v) is 3.07. The minimum Gasteiger partial charge on any atom is -0.372 e. The molecule has 0 saturated carbocycles. The van der Waals surface area contributed by atoms with Crippen molar-refractivity contribution < 1.29 is 9.53 Å². The molecule has 22 heavy (non-hydrogen) atoms.